The highest BCUT2D eigenvalue weighted by Crippen LogP contribution is 2.18. The molecule has 0 aromatic heterocycles. The molecule has 2 heteroatoms. The molecule has 0 saturated heterocycles. The van der Waals surface area contributed by atoms with Gasteiger partial charge in [0.15, 0.2) is 0 Å². The smallest absolute Gasteiger partial charge is 0.119 e. The monoisotopic (exact) mass is 291 g/mol. The van der Waals surface area contributed by atoms with Crippen molar-refractivity contribution in [2.45, 2.75) is 12.8 Å². The highest BCUT2D eigenvalue weighted by molar-refractivity contribution is 5.81. The molecule has 112 valence electrons. The van der Waals surface area contributed by atoms with Gasteiger partial charge in [0.25, 0.3) is 0 Å². The van der Waals surface area contributed by atoms with Crippen LogP contribution < -0.4 is 4.74 Å². The van der Waals surface area contributed by atoms with Gasteiger partial charge in [0.05, 0.1) is 5.69 Å². The molecule has 2 rings (SSSR count). The Morgan fingerprint density at radius 2 is 1.64 bits per heavy atom. The molecule has 2 aromatic carbocycles. The van der Waals surface area contributed by atoms with Gasteiger partial charge in [0, 0.05) is 6.21 Å². The third-order valence-corrected chi connectivity index (χ3v) is 3.18. The lowest BCUT2D eigenvalue weighted by Crippen LogP contribution is -1.91. The molecule has 0 aliphatic heterocycles. The summed E-state index contributed by atoms with van der Waals surface area (Å²) in [5, 5.41) is 0. The molecule has 0 atom stereocenters. The molecule has 22 heavy (non-hydrogen) atoms. The Bertz CT molecular complexity index is 566. The zero-order valence-corrected chi connectivity index (χ0v) is 12.7. The van der Waals surface area contributed by atoms with Crippen LogP contribution in [-0.4, -0.2) is 12.8 Å². The van der Waals surface area contributed by atoms with Gasteiger partial charge < -0.3 is 4.74 Å². The van der Waals surface area contributed by atoms with Gasteiger partial charge >= 0.3 is 0 Å². The molecule has 0 unspecified atom stereocenters. The van der Waals surface area contributed by atoms with Crippen LogP contribution in [0.15, 0.2) is 78.8 Å². The van der Waals surface area contributed by atoms with Crippen molar-refractivity contribution in [2.75, 3.05) is 6.61 Å². The van der Waals surface area contributed by atoms with Crippen molar-refractivity contribution in [1.29, 1.82) is 0 Å². The molecule has 2 aromatic rings. The van der Waals surface area contributed by atoms with Crippen molar-refractivity contribution >= 4 is 11.9 Å². The molecule has 0 N–H and O–H groups in total. The molecule has 0 fully saturated rings. The summed E-state index contributed by atoms with van der Waals surface area (Å²) >= 11 is 0. The van der Waals surface area contributed by atoms with Gasteiger partial charge in [-0.25, -0.2) is 0 Å². The number of benzene rings is 2. The summed E-state index contributed by atoms with van der Waals surface area (Å²) in [6.07, 6.45) is 7.58. The van der Waals surface area contributed by atoms with Crippen LogP contribution in [0.5, 0.6) is 5.75 Å². The van der Waals surface area contributed by atoms with E-state index in [4.69, 9.17) is 4.74 Å². The first-order valence-electron chi connectivity index (χ1n) is 7.39. The first-order valence-corrected chi connectivity index (χ1v) is 7.39. The maximum Gasteiger partial charge on any atom is 0.119 e. The summed E-state index contributed by atoms with van der Waals surface area (Å²) in [7, 11) is 0. The Hall–Kier alpha value is -2.61. The number of rotatable bonds is 8. The summed E-state index contributed by atoms with van der Waals surface area (Å²) < 4.78 is 5.44. The molecular weight excluding hydrogens is 270 g/mol. The average Bonchev–Trinajstić information content (AvgIpc) is 2.58. The number of ether oxygens (including phenoxy) is 1. The topological polar surface area (TPSA) is 21.6 Å². The standard InChI is InChI=1S/C20H21NO/c1-3-5-6-17-7-9-18(10-8-17)16-21-19-11-13-20(14-12-19)22-15-4-2/h3-4,7-14,16H,1-2,5-6,15H2. The van der Waals surface area contributed by atoms with Crippen LogP contribution in [-0.2, 0) is 6.42 Å². The fourth-order valence-corrected chi connectivity index (χ4v) is 1.97. The van der Waals surface area contributed by atoms with E-state index in [2.05, 4.69) is 42.4 Å². The number of hydrogen-bond donors (Lipinski definition) is 0. The van der Waals surface area contributed by atoms with E-state index in [0.717, 1.165) is 29.8 Å². The molecule has 2 nitrogen and oxygen atoms in total. The van der Waals surface area contributed by atoms with E-state index in [1.54, 1.807) is 6.08 Å². The van der Waals surface area contributed by atoms with Crippen LogP contribution in [0.1, 0.15) is 17.5 Å². The highest BCUT2D eigenvalue weighted by Gasteiger charge is 1.94. The fraction of sp³-hybridized carbons (Fsp3) is 0.150. The van der Waals surface area contributed by atoms with E-state index in [9.17, 15) is 0 Å². The van der Waals surface area contributed by atoms with Crippen LogP contribution in [0.4, 0.5) is 5.69 Å². The van der Waals surface area contributed by atoms with Crippen LogP contribution in [0.2, 0.25) is 0 Å². The molecule has 0 heterocycles. The lowest BCUT2D eigenvalue weighted by molar-refractivity contribution is 0.363. The summed E-state index contributed by atoms with van der Waals surface area (Å²) in [6.45, 7) is 7.88. The minimum absolute atomic E-state index is 0.515. The molecule has 0 aliphatic rings. The third-order valence-electron chi connectivity index (χ3n) is 3.18. The number of hydrogen-bond acceptors (Lipinski definition) is 2. The van der Waals surface area contributed by atoms with E-state index in [1.807, 2.05) is 36.6 Å². The molecule has 0 spiro atoms. The van der Waals surface area contributed by atoms with Crippen molar-refractivity contribution in [2.24, 2.45) is 4.99 Å². The lowest BCUT2D eigenvalue weighted by atomic mass is 10.1. The van der Waals surface area contributed by atoms with E-state index < -0.39 is 0 Å². The summed E-state index contributed by atoms with van der Waals surface area (Å²) in [5.74, 6) is 0.824. The Labute approximate surface area is 132 Å². The molecule has 0 bridgehead atoms. The van der Waals surface area contributed by atoms with Crippen molar-refractivity contribution in [1.82, 2.24) is 0 Å². The van der Waals surface area contributed by atoms with Crippen LogP contribution in [0.3, 0.4) is 0 Å². The second kappa shape index (κ2) is 8.63. The molecule has 0 radical (unpaired) electrons. The molecule has 0 saturated carbocycles. The quantitative estimate of drug-likeness (QED) is 0.488. The zero-order valence-electron chi connectivity index (χ0n) is 12.7. The molecular formula is C20H21NO. The second-order valence-corrected chi connectivity index (χ2v) is 4.92. The summed E-state index contributed by atoms with van der Waals surface area (Å²) in [5.41, 5.74) is 3.32. The van der Waals surface area contributed by atoms with Gasteiger partial charge in [-0.3, -0.25) is 4.99 Å². The Morgan fingerprint density at radius 1 is 0.909 bits per heavy atom. The molecule has 0 amide bonds. The van der Waals surface area contributed by atoms with Gasteiger partial charge in [0.2, 0.25) is 0 Å². The number of nitrogens with zero attached hydrogens (tertiary/aromatic N) is 1. The maximum atomic E-state index is 5.44. The summed E-state index contributed by atoms with van der Waals surface area (Å²) in [6, 6.07) is 16.1. The van der Waals surface area contributed by atoms with Crippen molar-refractivity contribution in [3.05, 3.63) is 85.0 Å². The average molecular weight is 291 g/mol. The normalized spacial score (nSPS) is 10.5. The van der Waals surface area contributed by atoms with E-state index in [1.165, 1.54) is 5.56 Å². The van der Waals surface area contributed by atoms with Crippen LogP contribution in [0.25, 0.3) is 0 Å². The fourth-order valence-electron chi connectivity index (χ4n) is 1.97. The van der Waals surface area contributed by atoms with E-state index in [-0.39, 0.29) is 0 Å². The van der Waals surface area contributed by atoms with Crippen molar-refractivity contribution in [3.63, 3.8) is 0 Å². The van der Waals surface area contributed by atoms with E-state index in [0.29, 0.717) is 6.61 Å². The first kappa shape index (κ1) is 15.8. The van der Waals surface area contributed by atoms with Gasteiger partial charge in [-0.15, -0.1) is 6.58 Å². The number of aliphatic imine (C=N–C) groups is 1. The SMILES string of the molecule is C=CCCc1ccc(C=Nc2ccc(OCC=C)cc2)cc1. The first-order chi connectivity index (χ1) is 10.8. The minimum Gasteiger partial charge on any atom is -0.490 e. The predicted octanol–water partition coefficient (Wildman–Crippen LogP) is 5.12. The Balaban J connectivity index is 1.95. The number of aryl methyl sites for hydroxylation is 1. The van der Waals surface area contributed by atoms with Gasteiger partial charge in [-0.1, -0.05) is 43.0 Å². The predicted molar refractivity (Wildman–Crippen MR) is 94.3 cm³/mol. The highest BCUT2D eigenvalue weighted by atomic mass is 16.5. The lowest BCUT2D eigenvalue weighted by Gasteiger charge is -2.02. The third kappa shape index (κ3) is 5.06. The second-order valence-electron chi connectivity index (χ2n) is 4.92. The maximum absolute atomic E-state index is 5.44. The van der Waals surface area contributed by atoms with Crippen LogP contribution in [0, 0.1) is 0 Å². The minimum atomic E-state index is 0.515. The van der Waals surface area contributed by atoms with Gasteiger partial charge in [-0.2, -0.15) is 0 Å². The van der Waals surface area contributed by atoms with Crippen LogP contribution >= 0.6 is 0 Å². The molecule has 0 aliphatic carbocycles. The zero-order chi connectivity index (χ0) is 15.6. The largest absolute Gasteiger partial charge is 0.490 e. The van der Waals surface area contributed by atoms with Crippen molar-refractivity contribution < 1.29 is 4.74 Å². The number of allylic oxidation sites excluding steroid dienone is 1. The van der Waals surface area contributed by atoms with Gasteiger partial charge in [-0.05, 0) is 48.2 Å². The summed E-state index contributed by atoms with van der Waals surface area (Å²) in [4.78, 5) is 4.47. The van der Waals surface area contributed by atoms with Crippen molar-refractivity contribution in [3.8, 4) is 5.75 Å². The van der Waals surface area contributed by atoms with E-state index >= 15 is 0 Å². The Morgan fingerprint density at radius 3 is 2.27 bits per heavy atom. The Kier molecular flexibility index (Phi) is 6.18. The van der Waals surface area contributed by atoms with Gasteiger partial charge in [0.1, 0.15) is 12.4 Å².